The second-order valence-corrected chi connectivity index (χ2v) is 8.45. The first-order valence-corrected chi connectivity index (χ1v) is 11.2. The van der Waals surface area contributed by atoms with Crippen LogP contribution in [0.1, 0.15) is 28.8 Å². The summed E-state index contributed by atoms with van der Waals surface area (Å²) in [6.07, 6.45) is 2.92. The summed E-state index contributed by atoms with van der Waals surface area (Å²) in [4.78, 5) is 17.8. The smallest absolute Gasteiger partial charge is 0.254 e. The van der Waals surface area contributed by atoms with Crippen molar-refractivity contribution in [1.29, 1.82) is 0 Å². The molecule has 2 aromatic rings. The average Bonchev–Trinajstić information content (AvgIpc) is 3.27. The van der Waals surface area contributed by atoms with Gasteiger partial charge in [0.1, 0.15) is 0 Å². The second-order valence-electron chi connectivity index (χ2n) is 8.01. The minimum absolute atomic E-state index is 0.0231. The van der Waals surface area contributed by atoms with Crippen LogP contribution in [0.5, 0.6) is 11.5 Å². The number of likely N-dealkylation sites (tertiary alicyclic amines) is 1. The first-order chi connectivity index (χ1) is 15.1. The Morgan fingerprint density at radius 3 is 2.61 bits per heavy atom. The highest BCUT2D eigenvalue weighted by molar-refractivity contribution is 6.30. The molecule has 0 unspecified atom stereocenters. The highest BCUT2D eigenvalue weighted by atomic mass is 35.5. The number of amides is 1. The predicted molar refractivity (Wildman–Crippen MR) is 120 cm³/mol. The quantitative estimate of drug-likeness (QED) is 0.618. The van der Waals surface area contributed by atoms with E-state index in [0.717, 1.165) is 43.9 Å². The molecule has 166 valence electrons. The fraction of sp³-hybridized carbons (Fsp3) is 0.458. The Hall–Kier alpha value is -2.28. The fourth-order valence-corrected chi connectivity index (χ4v) is 4.35. The van der Waals surface area contributed by atoms with Gasteiger partial charge in [-0.05, 0) is 55.2 Å². The molecule has 0 saturated carbocycles. The van der Waals surface area contributed by atoms with E-state index in [1.165, 1.54) is 5.56 Å². The van der Waals surface area contributed by atoms with Crippen LogP contribution in [0.4, 0.5) is 0 Å². The molecule has 1 fully saturated rings. The Morgan fingerprint density at radius 2 is 1.87 bits per heavy atom. The molecule has 0 spiro atoms. The van der Waals surface area contributed by atoms with Gasteiger partial charge < -0.3 is 24.0 Å². The predicted octanol–water partition coefficient (Wildman–Crippen LogP) is 3.86. The maximum absolute atomic E-state index is 13.3. The minimum atomic E-state index is 0.0231. The molecule has 0 radical (unpaired) electrons. The molecular weight excluding hydrogens is 416 g/mol. The number of hydrogen-bond acceptors (Lipinski definition) is 5. The molecule has 2 aliphatic rings. The van der Waals surface area contributed by atoms with Gasteiger partial charge in [0.25, 0.3) is 5.91 Å². The molecule has 7 heteroatoms. The number of hydrogen-bond donors (Lipinski definition) is 0. The van der Waals surface area contributed by atoms with Crippen LogP contribution in [0.15, 0.2) is 42.5 Å². The van der Waals surface area contributed by atoms with E-state index in [-0.39, 0.29) is 18.7 Å². The van der Waals surface area contributed by atoms with Gasteiger partial charge in [-0.1, -0.05) is 23.7 Å². The van der Waals surface area contributed by atoms with Gasteiger partial charge in [0.05, 0.1) is 6.61 Å². The lowest BCUT2D eigenvalue weighted by atomic mass is 10.0. The van der Waals surface area contributed by atoms with Crippen LogP contribution in [-0.4, -0.2) is 68.4 Å². The normalized spacial score (nSPS) is 16.5. The average molecular weight is 445 g/mol. The van der Waals surface area contributed by atoms with Crippen LogP contribution in [0.2, 0.25) is 5.02 Å². The monoisotopic (exact) mass is 444 g/mol. The third kappa shape index (κ3) is 5.50. The van der Waals surface area contributed by atoms with Gasteiger partial charge in [-0.3, -0.25) is 4.79 Å². The lowest BCUT2D eigenvalue weighted by Crippen LogP contribution is -2.48. The maximum Gasteiger partial charge on any atom is 0.254 e. The topological polar surface area (TPSA) is 51.2 Å². The molecule has 31 heavy (non-hydrogen) atoms. The Labute approximate surface area is 188 Å². The number of rotatable bonds is 8. The fourth-order valence-electron chi connectivity index (χ4n) is 4.23. The van der Waals surface area contributed by atoms with E-state index in [4.69, 9.17) is 25.8 Å². The molecule has 1 saturated heterocycles. The maximum atomic E-state index is 13.3. The number of methoxy groups -OCH3 is 1. The Kier molecular flexibility index (Phi) is 7.33. The third-order valence-corrected chi connectivity index (χ3v) is 6.30. The molecule has 2 heterocycles. The lowest BCUT2D eigenvalue weighted by molar-refractivity contribution is 0.0486. The molecule has 0 bridgehead atoms. The number of carbonyl (C=O) groups excluding carboxylic acids is 1. The molecule has 2 aliphatic heterocycles. The van der Waals surface area contributed by atoms with Gasteiger partial charge >= 0.3 is 0 Å². The summed E-state index contributed by atoms with van der Waals surface area (Å²) in [5, 5.41) is 0.771. The number of halogens is 1. The zero-order chi connectivity index (χ0) is 21.6. The van der Waals surface area contributed by atoms with E-state index in [2.05, 4.69) is 17.0 Å². The molecule has 0 aromatic heterocycles. The van der Waals surface area contributed by atoms with Gasteiger partial charge in [-0.15, -0.1) is 0 Å². The van der Waals surface area contributed by atoms with Crippen LogP contribution in [0, 0.1) is 0 Å². The van der Waals surface area contributed by atoms with Crippen molar-refractivity contribution < 1.29 is 19.0 Å². The molecule has 0 atom stereocenters. The van der Waals surface area contributed by atoms with Gasteiger partial charge in [-0.2, -0.15) is 0 Å². The summed E-state index contributed by atoms with van der Waals surface area (Å²) in [6, 6.07) is 13.7. The number of fused-ring (bicyclic) bond motifs is 1. The van der Waals surface area contributed by atoms with Crippen molar-refractivity contribution in [3.63, 3.8) is 0 Å². The van der Waals surface area contributed by atoms with Gasteiger partial charge in [-0.25, -0.2) is 0 Å². The Balaban J connectivity index is 1.35. The second kappa shape index (κ2) is 10.4. The van der Waals surface area contributed by atoms with Crippen molar-refractivity contribution in [2.75, 3.05) is 46.7 Å². The van der Waals surface area contributed by atoms with Crippen molar-refractivity contribution in [2.45, 2.75) is 25.3 Å². The number of carbonyl (C=O) groups is 1. The number of piperidine rings is 1. The van der Waals surface area contributed by atoms with E-state index in [0.29, 0.717) is 30.2 Å². The first kappa shape index (κ1) is 21.9. The van der Waals surface area contributed by atoms with Crippen molar-refractivity contribution in [3.05, 3.63) is 58.6 Å². The number of nitrogens with zero attached hydrogens (tertiary/aromatic N) is 2. The summed E-state index contributed by atoms with van der Waals surface area (Å²) >= 11 is 5.98. The molecule has 0 aliphatic carbocycles. The minimum Gasteiger partial charge on any atom is -0.454 e. The molecule has 0 N–H and O–H groups in total. The largest absolute Gasteiger partial charge is 0.454 e. The van der Waals surface area contributed by atoms with Gasteiger partial charge in [0.15, 0.2) is 11.5 Å². The van der Waals surface area contributed by atoms with Crippen LogP contribution < -0.4 is 9.47 Å². The van der Waals surface area contributed by atoms with E-state index >= 15 is 0 Å². The van der Waals surface area contributed by atoms with Crippen molar-refractivity contribution in [2.24, 2.45) is 0 Å². The lowest BCUT2D eigenvalue weighted by Gasteiger charge is -2.38. The summed E-state index contributed by atoms with van der Waals surface area (Å²) in [5.41, 5.74) is 1.93. The highest BCUT2D eigenvalue weighted by Gasteiger charge is 2.29. The van der Waals surface area contributed by atoms with E-state index < -0.39 is 0 Å². The van der Waals surface area contributed by atoms with Gasteiger partial charge in [0, 0.05) is 49.9 Å². The van der Waals surface area contributed by atoms with Crippen molar-refractivity contribution in [1.82, 2.24) is 9.80 Å². The zero-order valence-corrected chi connectivity index (χ0v) is 18.6. The molecule has 2 aromatic carbocycles. The Morgan fingerprint density at radius 1 is 1.13 bits per heavy atom. The van der Waals surface area contributed by atoms with E-state index in [1.807, 2.05) is 29.2 Å². The van der Waals surface area contributed by atoms with Gasteiger partial charge in [0.2, 0.25) is 6.79 Å². The molecule has 1 amide bonds. The van der Waals surface area contributed by atoms with Crippen LogP contribution >= 0.6 is 11.6 Å². The Bertz CT molecular complexity index is 882. The SMILES string of the molecule is COCCN(C(=O)c1ccc2c(c1)OCO2)C1CCN(CCc2ccc(Cl)cc2)CC1. The standard InChI is InChI=1S/C24H29ClN2O4/c1-29-15-14-27(24(28)19-4-7-22-23(16-19)31-17-30-22)21-9-12-26(13-10-21)11-8-18-2-5-20(25)6-3-18/h2-7,16,21H,8-15,17H2,1H3. The van der Waals surface area contributed by atoms with Crippen molar-refractivity contribution in [3.8, 4) is 11.5 Å². The van der Waals surface area contributed by atoms with E-state index in [9.17, 15) is 4.79 Å². The van der Waals surface area contributed by atoms with E-state index in [1.54, 1.807) is 13.2 Å². The summed E-state index contributed by atoms with van der Waals surface area (Å²) in [5.74, 6) is 1.35. The highest BCUT2D eigenvalue weighted by Crippen LogP contribution is 2.33. The number of benzene rings is 2. The van der Waals surface area contributed by atoms with Crippen molar-refractivity contribution >= 4 is 17.5 Å². The van der Waals surface area contributed by atoms with Crippen LogP contribution in [0.3, 0.4) is 0 Å². The third-order valence-electron chi connectivity index (χ3n) is 6.04. The summed E-state index contributed by atoms with van der Waals surface area (Å²) < 4.78 is 16.1. The number of ether oxygens (including phenoxy) is 3. The van der Waals surface area contributed by atoms with Crippen LogP contribution in [0.25, 0.3) is 0 Å². The molecular formula is C24H29ClN2O4. The first-order valence-electron chi connectivity index (χ1n) is 10.8. The summed E-state index contributed by atoms with van der Waals surface area (Å²) in [6.45, 7) is 4.29. The van der Waals surface area contributed by atoms with Crippen LogP contribution in [-0.2, 0) is 11.2 Å². The molecule has 6 nitrogen and oxygen atoms in total. The summed E-state index contributed by atoms with van der Waals surface area (Å²) in [7, 11) is 1.67. The zero-order valence-electron chi connectivity index (χ0n) is 17.9. The molecule has 4 rings (SSSR count).